The van der Waals surface area contributed by atoms with E-state index in [9.17, 15) is 5.11 Å². The van der Waals surface area contributed by atoms with Crippen molar-refractivity contribution in [2.24, 2.45) is 5.92 Å². The summed E-state index contributed by atoms with van der Waals surface area (Å²) in [5.41, 5.74) is 1.20. The van der Waals surface area contributed by atoms with E-state index in [2.05, 4.69) is 39.1 Å². The summed E-state index contributed by atoms with van der Waals surface area (Å²) in [6.45, 7) is 8.78. The molecule has 0 aliphatic heterocycles. The van der Waals surface area contributed by atoms with E-state index in [0.29, 0.717) is 23.8 Å². The number of hydrogen-bond donors (Lipinski definition) is 2. The van der Waals surface area contributed by atoms with Crippen molar-refractivity contribution in [2.45, 2.75) is 46.2 Å². The molecule has 0 bridgehead atoms. The summed E-state index contributed by atoms with van der Waals surface area (Å²) in [6.07, 6.45) is 0.995. The Bertz CT molecular complexity index is 322. The molecule has 2 atom stereocenters. The second-order valence-corrected chi connectivity index (χ2v) is 4.96. The van der Waals surface area contributed by atoms with E-state index in [1.165, 1.54) is 5.56 Å². The average molecular weight is 221 g/mol. The van der Waals surface area contributed by atoms with Gasteiger partial charge in [-0.3, -0.25) is 0 Å². The van der Waals surface area contributed by atoms with Crippen LogP contribution in [0.1, 0.15) is 33.3 Å². The van der Waals surface area contributed by atoms with Gasteiger partial charge in [-0.05, 0) is 37.0 Å². The van der Waals surface area contributed by atoms with Crippen LogP contribution in [-0.2, 0) is 6.42 Å². The first-order valence-corrected chi connectivity index (χ1v) is 6.03. The summed E-state index contributed by atoms with van der Waals surface area (Å²) in [5.74, 6) is 0.915. The van der Waals surface area contributed by atoms with Crippen LogP contribution in [0, 0.1) is 5.92 Å². The van der Waals surface area contributed by atoms with E-state index < -0.39 is 0 Å². The smallest absolute Gasteiger partial charge is 0.115 e. The molecule has 16 heavy (non-hydrogen) atoms. The summed E-state index contributed by atoms with van der Waals surface area (Å²) in [6, 6.07) is 8.53. The van der Waals surface area contributed by atoms with Crippen molar-refractivity contribution in [3.05, 3.63) is 29.8 Å². The molecule has 0 aliphatic carbocycles. The molecular formula is C14H23NO. The molecule has 0 radical (unpaired) electrons. The van der Waals surface area contributed by atoms with Crippen molar-refractivity contribution >= 4 is 0 Å². The van der Waals surface area contributed by atoms with Gasteiger partial charge in [0.05, 0.1) is 0 Å². The molecule has 1 rings (SSSR count). The highest BCUT2D eigenvalue weighted by Crippen LogP contribution is 2.16. The zero-order chi connectivity index (χ0) is 12.1. The second kappa shape index (κ2) is 5.90. The summed E-state index contributed by atoms with van der Waals surface area (Å²) in [7, 11) is 0. The molecule has 0 fully saturated rings. The molecule has 2 unspecified atom stereocenters. The number of aromatic hydroxyl groups is 1. The minimum absolute atomic E-state index is 0.356. The Balaban J connectivity index is 2.53. The van der Waals surface area contributed by atoms with Crippen molar-refractivity contribution in [3.63, 3.8) is 0 Å². The maximum atomic E-state index is 9.39. The Morgan fingerprint density at radius 3 is 2.44 bits per heavy atom. The van der Waals surface area contributed by atoms with Gasteiger partial charge in [-0.25, -0.2) is 0 Å². The lowest BCUT2D eigenvalue weighted by atomic mass is 9.94. The largest absolute Gasteiger partial charge is 0.508 e. The molecule has 90 valence electrons. The zero-order valence-electron chi connectivity index (χ0n) is 10.7. The Morgan fingerprint density at radius 2 is 1.88 bits per heavy atom. The van der Waals surface area contributed by atoms with Crippen LogP contribution in [0.15, 0.2) is 24.3 Å². The lowest BCUT2D eigenvalue weighted by Crippen LogP contribution is -2.37. The maximum Gasteiger partial charge on any atom is 0.115 e. The molecule has 2 heteroatoms. The molecule has 0 saturated carbocycles. The highest BCUT2D eigenvalue weighted by Gasteiger charge is 2.13. The molecule has 0 saturated heterocycles. The van der Waals surface area contributed by atoms with Gasteiger partial charge < -0.3 is 10.4 Å². The van der Waals surface area contributed by atoms with Gasteiger partial charge in [-0.2, -0.15) is 0 Å². The number of rotatable bonds is 5. The van der Waals surface area contributed by atoms with Crippen LogP contribution in [-0.4, -0.2) is 17.2 Å². The standard InChI is InChI=1S/C14H23NO/c1-10(2)15-12(4)11(3)8-13-6-5-7-14(16)9-13/h5-7,9-12,15-16H,8H2,1-4H3. The summed E-state index contributed by atoms with van der Waals surface area (Å²) < 4.78 is 0. The van der Waals surface area contributed by atoms with Crippen LogP contribution in [0.2, 0.25) is 0 Å². The predicted octanol–water partition coefficient (Wildman–Crippen LogP) is 2.96. The van der Waals surface area contributed by atoms with Gasteiger partial charge >= 0.3 is 0 Å². The number of benzene rings is 1. The molecule has 0 heterocycles. The van der Waals surface area contributed by atoms with Crippen LogP contribution in [0.5, 0.6) is 5.75 Å². The van der Waals surface area contributed by atoms with Gasteiger partial charge in [0.1, 0.15) is 5.75 Å². The Labute approximate surface area is 98.7 Å². The molecule has 0 aliphatic rings. The van der Waals surface area contributed by atoms with Crippen LogP contribution >= 0.6 is 0 Å². The quantitative estimate of drug-likeness (QED) is 0.801. The molecule has 2 nitrogen and oxygen atoms in total. The van der Waals surface area contributed by atoms with E-state index in [-0.39, 0.29) is 0 Å². The first-order chi connectivity index (χ1) is 7.49. The molecular weight excluding hydrogens is 198 g/mol. The van der Waals surface area contributed by atoms with E-state index in [1.54, 1.807) is 6.07 Å². The van der Waals surface area contributed by atoms with Gasteiger partial charge in [-0.15, -0.1) is 0 Å². The molecule has 1 aromatic carbocycles. The van der Waals surface area contributed by atoms with E-state index in [4.69, 9.17) is 0 Å². The van der Waals surface area contributed by atoms with E-state index >= 15 is 0 Å². The lowest BCUT2D eigenvalue weighted by molar-refractivity contribution is 0.371. The molecule has 0 amide bonds. The van der Waals surface area contributed by atoms with Gasteiger partial charge in [-0.1, -0.05) is 32.9 Å². The minimum Gasteiger partial charge on any atom is -0.508 e. The fraction of sp³-hybridized carbons (Fsp3) is 0.571. The molecule has 1 aromatic rings. The summed E-state index contributed by atoms with van der Waals surface area (Å²) >= 11 is 0. The second-order valence-electron chi connectivity index (χ2n) is 4.96. The maximum absolute atomic E-state index is 9.39. The van der Waals surface area contributed by atoms with E-state index in [1.807, 2.05) is 12.1 Å². The summed E-state index contributed by atoms with van der Waals surface area (Å²) in [5, 5.41) is 12.9. The number of phenolic OH excluding ortho intramolecular Hbond substituents is 1. The Morgan fingerprint density at radius 1 is 1.19 bits per heavy atom. The highest BCUT2D eigenvalue weighted by molar-refractivity contribution is 5.27. The molecule has 2 N–H and O–H groups in total. The van der Waals surface area contributed by atoms with Crippen molar-refractivity contribution in [1.29, 1.82) is 0 Å². The molecule has 0 aromatic heterocycles. The summed E-state index contributed by atoms with van der Waals surface area (Å²) in [4.78, 5) is 0. The van der Waals surface area contributed by atoms with Gasteiger partial charge in [0.2, 0.25) is 0 Å². The third-order valence-corrected chi connectivity index (χ3v) is 2.92. The van der Waals surface area contributed by atoms with Crippen LogP contribution in [0.4, 0.5) is 0 Å². The first kappa shape index (κ1) is 13.0. The minimum atomic E-state index is 0.356. The topological polar surface area (TPSA) is 32.3 Å². The first-order valence-electron chi connectivity index (χ1n) is 6.03. The monoisotopic (exact) mass is 221 g/mol. The molecule has 0 spiro atoms. The Hall–Kier alpha value is -1.02. The normalized spacial score (nSPS) is 15.1. The van der Waals surface area contributed by atoms with E-state index in [0.717, 1.165) is 6.42 Å². The van der Waals surface area contributed by atoms with Crippen LogP contribution < -0.4 is 5.32 Å². The number of hydrogen-bond acceptors (Lipinski definition) is 2. The van der Waals surface area contributed by atoms with Gasteiger partial charge in [0, 0.05) is 12.1 Å². The predicted molar refractivity (Wildman–Crippen MR) is 68.7 cm³/mol. The van der Waals surface area contributed by atoms with Crippen LogP contribution in [0.3, 0.4) is 0 Å². The Kier molecular flexibility index (Phi) is 4.81. The van der Waals surface area contributed by atoms with Crippen molar-refractivity contribution in [1.82, 2.24) is 5.32 Å². The number of phenols is 1. The third kappa shape index (κ3) is 4.23. The van der Waals surface area contributed by atoms with Crippen molar-refractivity contribution in [2.75, 3.05) is 0 Å². The fourth-order valence-corrected chi connectivity index (χ4v) is 1.92. The van der Waals surface area contributed by atoms with Crippen molar-refractivity contribution in [3.8, 4) is 5.75 Å². The number of nitrogens with one attached hydrogen (secondary N) is 1. The van der Waals surface area contributed by atoms with Gasteiger partial charge in [0.15, 0.2) is 0 Å². The highest BCUT2D eigenvalue weighted by atomic mass is 16.3. The van der Waals surface area contributed by atoms with Crippen molar-refractivity contribution < 1.29 is 5.11 Å². The SMILES string of the molecule is CC(C)NC(C)C(C)Cc1cccc(O)c1. The zero-order valence-corrected chi connectivity index (χ0v) is 10.7. The third-order valence-electron chi connectivity index (χ3n) is 2.92. The lowest BCUT2D eigenvalue weighted by Gasteiger charge is -2.23. The van der Waals surface area contributed by atoms with Gasteiger partial charge in [0.25, 0.3) is 0 Å². The average Bonchev–Trinajstić information content (AvgIpc) is 2.16. The van der Waals surface area contributed by atoms with Crippen LogP contribution in [0.25, 0.3) is 0 Å². The fourth-order valence-electron chi connectivity index (χ4n) is 1.92.